The van der Waals surface area contributed by atoms with Gasteiger partial charge >= 0.3 is 0 Å². The molecule has 4 aliphatic rings. The average Bonchev–Trinajstić information content (AvgIpc) is 1.59. The Balaban J connectivity index is 0.934. The summed E-state index contributed by atoms with van der Waals surface area (Å²) in [6.07, 6.45) is 0. The quantitative estimate of drug-likeness (QED) is 0.121. The lowest BCUT2D eigenvalue weighted by Crippen LogP contribution is -2.59. The minimum absolute atomic E-state index is 0.110. The predicted octanol–water partition coefficient (Wildman–Crippen LogP) is 19.9. The van der Waals surface area contributed by atoms with Crippen LogP contribution in [-0.2, 0) is 10.8 Å². The molecule has 15 aromatic carbocycles. The Hall–Kier alpha value is -10.5. The first kappa shape index (κ1) is 46.8. The normalized spacial score (nSPS) is 14.6. The highest BCUT2D eigenvalue weighted by Gasteiger charge is 2.44. The zero-order chi connectivity index (χ0) is 57.1. The molecule has 17 aromatic rings. The van der Waals surface area contributed by atoms with Gasteiger partial charge in [0.05, 0.1) is 16.6 Å². The number of nitrogens with zero attached hydrogens (tertiary/aromatic N) is 2. The van der Waals surface area contributed by atoms with Gasteiger partial charge in [-0.2, -0.15) is 0 Å². The number of benzene rings is 15. The Kier molecular flexibility index (Phi) is 8.55. The van der Waals surface area contributed by atoms with E-state index in [1.165, 1.54) is 203 Å². The summed E-state index contributed by atoms with van der Waals surface area (Å²) in [6, 6.07) is 96.5. The minimum Gasteiger partial charge on any atom is -0.310 e. The maximum atomic E-state index is 2.74. The van der Waals surface area contributed by atoms with Crippen LogP contribution in [0.5, 0.6) is 0 Å². The van der Waals surface area contributed by atoms with E-state index < -0.39 is 0 Å². The second-order valence-corrected chi connectivity index (χ2v) is 26.5. The van der Waals surface area contributed by atoms with E-state index in [9.17, 15) is 0 Å². The molecule has 0 radical (unpaired) electrons. The summed E-state index contributed by atoms with van der Waals surface area (Å²) in [5.74, 6) is 0. The van der Waals surface area contributed by atoms with Gasteiger partial charge in [-0.15, -0.1) is 0 Å². The smallest absolute Gasteiger partial charge is 0.253 e. The van der Waals surface area contributed by atoms with Gasteiger partial charge in [-0.3, -0.25) is 0 Å². The van der Waals surface area contributed by atoms with E-state index in [0.29, 0.717) is 0 Å². The molecule has 0 spiro atoms. The molecule has 0 bridgehead atoms. The van der Waals surface area contributed by atoms with E-state index in [0.717, 1.165) is 0 Å². The lowest BCUT2D eigenvalue weighted by molar-refractivity contribution is 0.660. The van der Waals surface area contributed by atoms with Crippen molar-refractivity contribution >= 4 is 131 Å². The van der Waals surface area contributed by atoms with Crippen molar-refractivity contribution in [1.82, 2.24) is 9.13 Å². The fourth-order valence-electron chi connectivity index (χ4n) is 18.0. The molecule has 2 aromatic heterocycles. The van der Waals surface area contributed by atoms with E-state index in [4.69, 9.17) is 0 Å². The van der Waals surface area contributed by atoms with Gasteiger partial charge in [0.1, 0.15) is 0 Å². The molecule has 0 atom stereocenters. The lowest BCUT2D eigenvalue weighted by Gasteiger charge is -2.35. The van der Waals surface area contributed by atoms with Gasteiger partial charge in [-0.25, -0.2) is 0 Å². The Morgan fingerprint density at radius 2 is 0.713 bits per heavy atom. The molecule has 21 rings (SSSR count). The predicted molar refractivity (Wildman–Crippen MR) is 371 cm³/mol. The third-order valence-corrected chi connectivity index (χ3v) is 21.8. The summed E-state index contributed by atoms with van der Waals surface area (Å²) in [5, 5.41) is 20.7. The second-order valence-electron chi connectivity index (χ2n) is 26.5. The van der Waals surface area contributed by atoms with Crippen molar-refractivity contribution in [3.63, 3.8) is 0 Å². The molecule has 4 heterocycles. The van der Waals surface area contributed by atoms with E-state index >= 15 is 0 Å². The van der Waals surface area contributed by atoms with Crippen LogP contribution in [0, 0.1) is 0 Å². The minimum atomic E-state index is -0.151. The zero-order valence-corrected chi connectivity index (χ0v) is 48.6. The van der Waals surface area contributed by atoms with Crippen molar-refractivity contribution in [1.29, 1.82) is 0 Å². The number of aromatic nitrogens is 2. The largest absolute Gasteiger partial charge is 0.310 e. The van der Waals surface area contributed by atoms with E-state index in [1.54, 1.807) is 0 Å². The topological polar surface area (TPSA) is 9.86 Å². The molecular formula is C84H53BN2. The molecule has 87 heavy (non-hydrogen) atoms. The molecule has 0 saturated heterocycles. The second kappa shape index (κ2) is 15.9. The van der Waals surface area contributed by atoms with Crippen molar-refractivity contribution < 1.29 is 0 Å². The maximum absolute atomic E-state index is 2.74. The van der Waals surface area contributed by atoms with Crippen LogP contribution in [0.2, 0.25) is 0 Å². The molecule has 402 valence electrons. The maximum Gasteiger partial charge on any atom is 0.253 e. The molecule has 2 nitrogen and oxygen atoms in total. The fraction of sp³-hybridized carbons (Fsp3) is 0.0714. The van der Waals surface area contributed by atoms with Crippen molar-refractivity contribution in [2.45, 2.75) is 38.5 Å². The molecule has 0 saturated carbocycles. The van der Waals surface area contributed by atoms with Crippen molar-refractivity contribution in [2.75, 3.05) is 0 Å². The van der Waals surface area contributed by atoms with Crippen molar-refractivity contribution in [2.24, 2.45) is 0 Å². The van der Waals surface area contributed by atoms with Crippen molar-refractivity contribution in [3.8, 4) is 55.9 Å². The summed E-state index contributed by atoms with van der Waals surface area (Å²) in [7, 11) is 0. The fourth-order valence-corrected chi connectivity index (χ4v) is 18.0. The molecule has 2 aliphatic heterocycles. The van der Waals surface area contributed by atoms with E-state index in [-0.39, 0.29) is 17.5 Å². The first-order valence-corrected chi connectivity index (χ1v) is 31.0. The first-order chi connectivity index (χ1) is 42.7. The zero-order valence-electron chi connectivity index (χ0n) is 48.6. The summed E-state index contributed by atoms with van der Waals surface area (Å²) in [4.78, 5) is 0. The highest BCUT2D eigenvalue weighted by atomic mass is 15.0. The molecule has 0 fully saturated rings. The highest BCUT2D eigenvalue weighted by Crippen LogP contribution is 2.53. The molecular weight excluding hydrogens is 1050 g/mol. The van der Waals surface area contributed by atoms with Crippen LogP contribution < -0.4 is 16.4 Å². The van der Waals surface area contributed by atoms with Crippen LogP contribution in [0.4, 0.5) is 0 Å². The summed E-state index contributed by atoms with van der Waals surface area (Å²) < 4.78 is 5.41. The number of fused-ring (bicyclic) bond motifs is 30. The van der Waals surface area contributed by atoms with E-state index in [2.05, 4.69) is 286 Å². The van der Waals surface area contributed by atoms with Gasteiger partial charge in [0.15, 0.2) is 0 Å². The van der Waals surface area contributed by atoms with Crippen LogP contribution in [0.1, 0.15) is 49.9 Å². The lowest BCUT2D eigenvalue weighted by atomic mass is 9.33. The van der Waals surface area contributed by atoms with Gasteiger partial charge in [0.2, 0.25) is 0 Å². The van der Waals surface area contributed by atoms with Crippen LogP contribution in [0.3, 0.4) is 0 Å². The number of hydrogen-bond acceptors (Lipinski definition) is 0. The van der Waals surface area contributed by atoms with Crippen molar-refractivity contribution in [3.05, 3.63) is 271 Å². The monoisotopic (exact) mass is 1100 g/mol. The van der Waals surface area contributed by atoms with Crippen LogP contribution in [-0.4, -0.2) is 15.8 Å². The molecule has 0 amide bonds. The third kappa shape index (κ3) is 5.62. The molecule has 0 N–H and O–H groups in total. The Labute approximate surface area is 502 Å². The Bertz CT molecular complexity index is 6100. The summed E-state index contributed by atoms with van der Waals surface area (Å²) >= 11 is 0. The Morgan fingerprint density at radius 1 is 0.264 bits per heavy atom. The van der Waals surface area contributed by atoms with Crippen LogP contribution in [0.25, 0.3) is 164 Å². The average molecular weight is 1100 g/mol. The van der Waals surface area contributed by atoms with Gasteiger partial charge < -0.3 is 9.13 Å². The van der Waals surface area contributed by atoms with Gasteiger partial charge in [-0.1, -0.05) is 228 Å². The van der Waals surface area contributed by atoms with Gasteiger partial charge in [0.25, 0.3) is 6.71 Å². The van der Waals surface area contributed by atoms with Crippen LogP contribution >= 0.6 is 0 Å². The first-order valence-electron chi connectivity index (χ1n) is 31.0. The molecule has 0 unspecified atom stereocenters. The highest BCUT2D eigenvalue weighted by molar-refractivity contribution is 7.02. The van der Waals surface area contributed by atoms with E-state index in [1.807, 2.05) is 0 Å². The number of rotatable bonds is 2. The van der Waals surface area contributed by atoms with Gasteiger partial charge in [-0.05, 0) is 191 Å². The van der Waals surface area contributed by atoms with Crippen LogP contribution in [0.15, 0.2) is 249 Å². The Morgan fingerprint density at radius 3 is 1.33 bits per heavy atom. The van der Waals surface area contributed by atoms with Gasteiger partial charge in [0, 0.05) is 54.7 Å². The summed E-state index contributed by atoms with van der Waals surface area (Å²) in [6.45, 7) is 9.49. The number of hydrogen-bond donors (Lipinski definition) is 0. The SMILES string of the molecule is CC1(C)c2ccccc2-c2ccc(-c3ccc4c(c3)c3cc(-c5ccc6c(c5)C(C)(C)c5ccccc5-6)cc5c3n4-c3cccc4c3B5c3c5c6ccccc6c6ccccc6c5cc5c6ccc7c8ccccc8c8ccccc8c7c6n-4c35)cc21. The standard InChI is InChI=1S/C84H53BN2/c1-83(2)68-28-15-13-24-56(68)58-35-32-47(42-70(58)83)46-34-39-73-64(40-46)66-41-49(48-33-36-59-57-25-14-16-29-69(57)84(3,4)71(59)43-48)44-72-80(66)86(73)74-30-17-31-75-78(74)85(72)79-76-60-26-11-9-20-52(60)51-19-6-8-23-55(51)65(76)45-67-63-38-37-62-54-22-7-5-18-50(54)53-21-10-12-27-61(53)77(62)81(63)87(75)82(67)79/h5-45H,1-4H3. The third-order valence-electron chi connectivity index (χ3n) is 21.8. The molecule has 2 aliphatic carbocycles. The summed E-state index contributed by atoms with van der Waals surface area (Å²) in [5.41, 5.74) is 27.4. The molecule has 3 heteroatoms.